The molecule has 0 spiro atoms. The van der Waals surface area contributed by atoms with Gasteiger partial charge < -0.3 is 19.6 Å². The Bertz CT molecular complexity index is 887. The lowest BCUT2D eigenvalue weighted by Gasteiger charge is -2.17. The van der Waals surface area contributed by atoms with E-state index in [4.69, 9.17) is 9.47 Å². The molecule has 0 fully saturated rings. The number of rotatable bonds is 10. The van der Waals surface area contributed by atoms with Gasteiger partial charge in [0.05, 0.1) is 20.3 Å². The molecule has 0 aromatic carbocycles. The van der Waals surface area contributed by atoms with Gasteiger partial charge in [-0.25, -0.2) is 0 Å². The van der Waals surface area contributed by atoms with Crippen LogP contribution in [-0.4, -0.2) is 30.4 Å². The van der Waals surface area contributed by atoms with E-state index in [2.05, 4.69) is 36.2 Å². The van der Waals surface area contributed by atoms with Crippen molar-refractivity contribution < 1.29 is 14.6 Å². The summed E-state index contributed by atoms with van der Waals surface area (Å²) in [5.74, 6) is 0.622. The molecular formula is C25H37NO4. The number of methoxy groups -OCH3 is 2. The molecule has 0 saturated heterocycles. The lowest BCUT2D eigenvalue weighted by Crippen LogP contribution is -2.17. The van der Waals surface area contributed by atoms with Crippen molar-refractivity contribution in [2.75, 3.05) is 14.2 Å². The van der Waals surface area contributed by atoms with Crippen LogP contribution >= 0.6 is 0 Å². The van der Waals surface area contributed by atoms with E-state index in [9.17, 15) is 9.90 Å². The Hall–Kier alpha value is -2.53. The Morgan fingerprint density at radius 1 is 1.20 bits per heavy atom. The van der Waals surface area contributed by atoms with Crippen LogP contribution in [-0.2, 0) is 6.42 Å². The molecule has 0 radical (unpaired) electrons. The van der Waals surface area contributed by atoms with Gasteiger partial charge in [-0.05, 0) is 46.6 Å². The quantitative estimate of drug-likeness (QED) is 0.415. The molecule has 0 amide bonds. The molecule has 5 nitrogen and oxygen atoms in total. The van der Waals surface area contributed by atoms with Crippen LogP contribution in [0.15, 0.2) is 51.9 Å². The van der Waals surface area contributed by atoms with E-state index in [0.29, 0.717) is 17.9 Å². The summed E-state index contributed by atoms with van der Waals surface area (Å²) in [4.78, 5) is 15.5. The zero-order valence-electron chi connectivity index (χ0n) is 19.6. The second-order valence-corrected chi connectivity index (χ2v) is 7.73. The molecule has 5 heteroatoms. The Labute approximate surface area is 180 Å². The highest BCUT2D eigenvalue weighted by Gasteiger charge is 2.15. The number of ether oxygens (including phenoxy) is 2. The van der Waals surface area contributed by atoms with Crippen LogP contribution < -0.4 is 14.9 Å². The van der Waals surface area contributed by atoms with Gasteiger partial charge in [0.15, 0.2) is 0 Å². The first-order valence-corrected chi connectivity index (χ1v) is 10.3. The lowest BCUT2D eigenvalue weighted by molar-refractivity contribution is 0.172. The van der Waals surface area contributed by atoms with Crippen LogP contribution in [0.5, 0.6) is 11.6 Å². The van der Waals surface area contributed by atoms with E-state index in [1.165, 1.54) is 19.8 Å². The molecule has 2 atom stereocenters. The van der Waals surface area contributed by atoms with Crippen LogP contribution in [0.4, 0.5) is 0 Å². The molecule has 0 aliphatic carbocycles. The maximum atomic E-state index is 12.4. The van der Waals surface area contributed by atoms with Crippen molar-refractivity contribution in [3.05, 3.63) is 68.6 Å². The normalized spacial score (nSPS) is 15.4. The molecule has 166 valence electrons. The number of hydrogen-bond donors (Lipinski definition) is 2. The van der Waals surface area contributed by atoms with Gasteiger partial charge in [0, 0.05) is 23.6 Å². The van der Waals surface area contributed by atoms with Gasteiger partial charge in [-0.1, -0.05) is 48.5 Å². The maximum Gasteiger partial charge on any atom is 0.238 e. The average molecular weight is 416 g/mol. The van der Waals surface area contributed by atoms with Crippen molar-refractivity contribution >= 4 is 0 Å². The molecule has 0 bridgehead atoms. The molecule has 1 rings (SSSR count). The zero-order valence-corrected chi connectivity index (χ0v) is 19.6. The van der Waals surface area contributed by atoms with E-state index in [1.807, 2.05) is 33.8 Å². The summed E-state index contributed by atoms with van der Waals surface area (Å²) < 4.78 is 10.4. The highest BCUT2D eigenvalue weighted by molar-refractivity contribution is 5.40. The standard InChI is InChI=1S/C25H37NO4/c1-9-18(4)22(27)19(5)15-17(3)12-10-11-16(2)13-14-21-20(6)23(28)24(29-7)25(26-21)30-8/h9-11,13,15,19,22,27H,12,14H2,1-8H3,(H,26,28)/b11-10+,16-13+,17-15+,18-9+/t19-,22-/m0/s1. The van der Waals surface area contributed by atoms with Crippen molar-refractivity contribution in [1.29, 1.82) is 0 Å². The average Bonchev–Trinajstić information content (AvgIpc) is 2.73. The van der Waals surface area contributed by atoms with Crippen molar-refractivity contribution in [1.82, 2.24) is 4.98 Å². The number of aliphatic hydroxyl groups is 1. The fraction of sp³-hybridized carbons (Fsp3) is 0.480. The van der Waals surface area contributed by atoms with Crippen LogP contribution in [0.2, 0.25) is 0 Å². The zero-order chi connectivity index (χ0) is 22.8. The smallest absolute Gasteiger partial charge is 0.238 e. The minimum Gasteiger partial charge on any atom is -0.488 e. The summed E-state index contributed by atoms with van der Waals surface area (Å²) in [6, 6.07) is 0. The van der Waals surface area contributed by atoms with Gasteiger partial charge in [0.2, 0.25) is 17.1 Å². The molecule has 1 aromatic rings. The largest absolute Gasteiger partial charge is 0.488 e. The van der Waals surface area contributed by atoms with E-state index in [-0.39, 0.29) is 17.1 Å². The van der Waals surface area contributed by atoms with Gasteiger partial charge in [-0.3, -0.25) is 4.79 Å². The van der Waals surface area contributed by atoms with Gasteiger partial charge in [0.1, 0.15) is 0 Å². The predicted molar refractivity (Wildman–Crippen MR) is 124 cm³/mol. The Kier molecular flexibility index (Phi) is 10.4. The van der Waals surface area contributed by atoms with Crippen LogP contribution in [0.25, 0.3) is 0 Å². The molecule has 1 heterocycles. The molecule has 0 aliphatic rings. The first-order chi connectivity index (χ1) is 14.2. The fourth-order valence-electron chi connectivity index (χ4n) is 3.19. The number of aliphatic hydroxyl groups excluding tert-OH is 1. The van der Waals surface area contributed by atoms with E-state index in [1.54, 1.807) is 6.92 Å². The molecule has 0 saturated carbocycles. The molecular weight excluding hydrogens is 378 g/mol. The third-order valence-electron chi connectivity index (χ3n) is 5.29. The third kappa shape index (κ3) is 7.06. The number of nitrogens with one attached hydrogen (secondary N) is 1. The second-order valence-electron chi connectivity index (χ2n) is 7.73. The topological polar surface area (TPSA) is 71.6 Å². The van der Waals surface area contributed by atoms with E-state index in [0.717, 1.165) is 23.3 Å². The predicted octanol–water partition coefficient (Wildman–Crippen LogP) is 5.05. The molecule has 0 aliphatic heterocycles. The Morgan fingerprint density at radius 2 is 1.87 bits per heavy atom. The second kappa shape index (κ2) is 12.2. The number of hydrogen-bond acceptors (Lipinski definition) is 4. The SMILES string of the molecule is C/C=C(\C)[C@H](O)[C@@H](C)/C=C(\C)C/C=C/C(C)=C/Cc1[nH]c(OC)c(OC)c(=O)c1C. The Balaban J connectivity index is 2.81. The number of pyridine rings is 1. The fourth-order valence-corrected chi connectivity index (χ4v) is 3.19. The van der Waals surface area contributed by atoms with E-state index < -0.39 is 6.10 Å². The van der Waals surface area contributed by atoms with Crippen molar-refractivity contribution in [2.45, 2.75) is 60.5 Å². The lowest BCUT2D eigenvalue weighted by atomic mass is 9.95. The number of aromatic nitrogens is 1. The highest BCUT2D eigenvalue weighted by atomic mass is 16.5. The van der Waals surface area contributed by atoms with Gasteiger partial charge in [-0.2, -0.15) is 0 Å². The molecule has 1 aromatic heterocycles. The summed E-state index contributed by atoms with van der Waals surface area (Å²) in [7, 11) is 2.97. The van der Waals surface area contributed by atoms with Crippen molar-refractivity contribution in [2.24, 2.45) is 5.92 Å². The van der Waals surface area contributed by atoms with Gasteiger partial charge in [-0.15, -0.1) is 0 Å². The van der Waals surface area contributed by atoms with Crippen molar-refractivity contribution in [3.63, 3.8) is 0 Å². The van der Waals surface area contributed by atoms with Gasteiger partial charge >= 0.3 is 0 Å². The van der Waals surface area contributed by atoms with Gasteiger partial charge in [0.25, 0.3) is 0 Å². The highest BCUT2D eigenvalue weighted by Crippen LogP contribution is 2.22. The van der Waals surface area contributed by atoms with Crippen LogP contribution in [0, 0.1) is 12.8 Å². The Morgan fingerprint density at radius 3 is 2.43 bits per heavy atom. The molecule has 30 heavy (non-hydrogen) atoms. The first kappa shape index (κ1) is 25.5. The summed E-state index contributed by atoms with van der Waals surface area (Å²) in [6.45, 7) is 11.8. The summed E-state index contributed by atoms with van der Waals surface area (Å²) in [5, 5.41) is 10.3. The number of allylic oxidation sites excluding steroid dienone is 6. The number of H-pyrrole nitrogens is 1. The van der Waals surface area contributed by atoms with Crippen molar-refractivity contribution in [3.8, 4) is 11.6 Å². The monoisotopic (exact) mass is 415 g/mol. The summed E-state index contributed by atoms with van der Waals surface area (Å²) in [6.07, 6.45) is 11.3. The van der Waals surface area contributed by atoms with E-state index >= 15 is 0 Å². The molecule has 0 unspecified atom stereocenters. The third-order valence-corrected chi connectivity index (χ3v) is 5.29. The minimum atomic E-state index is -0.442. The maximum absolute atomic E-state index is 12.4. The number of aromatic amines is 1. The minimum absolute atomic E-state index is 0.0797. The first-order valence-electron chi connectivity index (χ1n) is 10.3. The summed E-state index contributed by atoms with van der Waals surface area (Å²) in [5.41, 5.74) is 4.59. The molecule has 2 N–H and O–H groups in total. The van der Waals surface area contributed by atoms with Crippen LogP contribution in [0.3, 0.4) is 0 Å². The van der Waals surface area contributed by atoms with Crippen LogP contribution in [0.1, 0.15) is 52.3 Å². The summed E-state index contributed by atoms with van der Waals surface area (Å²) >= 11 is 0.